The van der Waals surface area contributed by atoms with E-state index in [-0.39, 0.29) is 24.8 Å². The lowest BCUT2D eigenvalue weighted by atomic mass is 10.0. The smallest absolute Gasteiger partial charge is 0.262 e. The maximum absolute atomic E-state index is 13.0. The summed E-state index contributed by atoms with van der Waals surface area (Å²) in [6, 6.07) is 4.29. The predicted octanol–water partition coefficient (Wildman–Crippen LogP) is -0.133. The predicted molar refractivity (Wildman–Crippen MR) is 93.1 cm³/mol. The Morgan fingerprint density at radius 1 is 1.27 bits per heavy atom. The number of rotatable bonds is 5. The molecule has 3 rings (SSSR count). The summed E-state index contributed by atoms with van der Waals surface area (Å²) in [5.41, 5.74) is 7.04. The maximum atomic E-state index is 13.0. The van der Waals surface area contributed by atoms with Gasteiger partial charge in [-0.1, -0.05) is 12.1 Å². The van der Waals surface area contributed by atoms with Crippen LogP contribution in [0.25, 0.3) is 0 Å². The van der Waals surface area contributed by atoms with Gasteiger partial charge >= 0.3 is 0 Å². The van der Waals surface area contributed by atoms with Crippen molar-refractivity contribution in [3.05, 3.63) is 34.9 Å². The van der Waals surface area contributed by atoms with E-state index in [2.05, 4.69) is 5.32 Å². The van der Waals surface area contributed by atoms with E-state index < -0.39 is 23.8 Å². The molecule has 3 N–H and O–H groups in total. The van der Waals surface area contributed by atoms with Crippen LogP contribution in [0.15, 0.2) is 18.2 Å². The molecule has 0 spiro atoms. The fourth-order valence-corrected chi connectivity index (χ4v) is 3.32. The molecule has 4 amide bonds. The number of amides is 4. The second-order valence-electron chi connectivity index (χ2n) is 6.79. The minimum Gasteiger partial charge on any atom is -0.329 e. The first-order valence-corrected chi connectivity index (χ1v) is 8.59. The number of fused-ring (bicyclic) bond motifs is 1. The van der Waals surface area contributed by atoms with Gasteiger partial charge in [-0.3, -0.25) is 34.3 Å². The van der Waals surface area contributed by atoms with Gasteiger partial charge in [0.2, 0.25) is 11.8 Å². The number of nitrogens with zero attached hydrogens (tertiary/aromatic N) is 2. The largest absolute Gasteiger partial charge is 0.329 e. The zero-order valence-corrected chi connectivity index (χ0v) is 14.8. The summed E-state index contributed by atoms with van der Waals surface area (Å²) in [6.45, 7) is 2.91. The van der Waals surface area contributed by atoms with E-state index in [9.17, 15) is 19.2 Å². The van der Waals surface area contributed by atoms with E-state index in [0.717, 1.165) is 10.5 Å². The molecule has 2 aliphatic heterocycles. The number of nitrogens with one attached hydrogen (secondary N) is 1. The van der Waals surface area contributed by atoms with Crippen LogP contribution in [-0.2, 0) is 16.1 Å². The molecule has 0 radical (unpaired) electrons. The second kappa shape index (κ2) is 6.97. The molecule has 26 heavy (non-hydrogen) atoms. The SMILES string of the molecule is CC(CN)N(C)Cc1cccc2c1C(=O)N(C1CCC(=O)NC1=O)C2=O. The van der Waals surface area contributed by atoms with E-state index in [1.807, 2.05) is 18.9 Å². The lowest BCUT2D eigenvalue weighted by molar-refractivity contribution is -0.136. The minimum absolute atomic E-state index is 0.105. The zero-order chi connectivity index (χ0) is 19.0. The Morgan fingerprint density at radius 3 is 2.65 bits per heavy atom. The molecule has 1 aromatic rings. The molecule has 2 atom stereocenters. The van der Waals surface area contributed by atoms with Gasteiger partial charge in [0.1, 0.15) is 6.04 Å². The van der Waals surface area contributed by atoms with Gasteiger partial charge in [0.05, 0.1) is 11.1 Å². The van der Waals surface area contributed by atoms with Crippen LogP contribution in [-0.4, -0.2) is 59.1 Å². The quantitative estimate of drug-likeness (QED) is 0.709. The van der Waals surface area contributed by atoms with Crippen LogP contribution in [0.1, 0.15) is 46.0 Å². The highest BCUT2D eigenvalue weighted by Gasteiger charge is 2.45. The summed E-state index contributed by atoms with van der Waals surface area (Å²) in [5, 5.41) is 2.20. The third kappa shape index (κ3) is 3.02. The van der Waals surface area contributed by atoms with Gasteiger partial charge in [-0.15, -0.1) is 0 Å². The highest BCUT2D eigenvalue weighted by atomic mass is 16.2. The molecule has 2 heterocycles. The van der Waals surface area contributed by atoms with E-state index in [0.29, 0.717) is 24.2 Å². The van der Waals surface area contributed by atoms with Gasteiger partial charge < -0.3 is 5.73 Å². The van der Waals surface area contributed by atoms with Gasteiger partial charge in [0, 0.05) is 25.6 Å². The number of hydrogen-bond acceptors (Lipinski definition) is 6. The first-order valence-electron chi connectivity index (χ1n) is 8.59. The van der Waals surface area contributed by atoms with Gasteiger partial charge in [-0.25, -0.2) is 0 Å². The molecule has 1 saturated heterocycles. The molecular formula is C18H22N4O4. The molecule has 0 bridgehead atoms. The monoisotopic (exact) mass is 358 g/mol. The van der Waals surface area contributed by atoms with Gasteiger partial charge in [0.25, 0.3) is 11.8 Å². The van der Waals surface area contributed by atoms with Crippen LogP contribution in [0.5, 0.6) is 0 Å². The van der Waals surface area contributed by atoms with Crippen molar-refractivity contribution in [1.29, 1.82) is 0 Å². The molecule has 8 nitrogen and oxygen atoms in total. The second-order valence-corrected chi connectivity index (χ2v) is 6.79. The standard InChI is InChI=1S/C18H22N4O4/c1-10(8-19)21(2)9-11-4-3-5-12-15(11)18(26)22(17(12)25)13-6-7-14(23)20-16(13)24/h3-5,10,13H,6-9,19H2,1-2H3,(H,20,23,24). The summed E-state index contributed by atoms with van der Waals surface area (Å²) in [5.74, 6) is -1.97. The highest BCUT2D eigenvalue weighted by Crippen LogP contribution is 2.30. The van der Waals surface area contributed by atoms with Crippen LogP contribution < -0.4 is 11.1 Å². The molecule has 2 aliphatic rings. The molecule has 0 aromatic heterocycles. The van der Waals surface area contributed by atoms with Crippen molar-refractivity contribution >= 4 is 23.6 Å². The average molecular weight is 358 g/mol. The van der Waals surface area contributed by atoms with E-state index >= 15 is 0 Å². The van der Waals surface area contributed by atoms with Crippen molar-refractivity contribution in [2.45, 2.75) is 38.4 Å². The lowest BCUT2D eigenvalue weighted by Gasteiger charge is -2.28. The molecule has 1 aromatic carbocycles. The molecule has 0 saturated carbocycles. The fraction of sp³-hybridized carbons (Fsp3) is 0.444. The first-order chi connectivity index (χ1) is 12.3. The molecular weight excluding hydrogens is 336 g/mol. The lowest BCUT2D eigenvalue weighted by Crippen LogP contribution is -2.54. The number of carbonyl (C=O) groups excluding carboxylic acids is 4. The van der Waals surface area contributed by atoms with Crippen LogP contribution in [0.2, 0.25) is 0 Å². The van der Waals surface area contributed by atoms with Crippen LogP contribution in [0, 0.1) is 0 Å². The molecule has 0 aliphatic carbocycles. The summed E-state index contributed by atoms with van der Waals surface area (Å²) in [4.78, 5) is 52.2. The van der Waals surface area contributed by atoms with Crippen molar-refractivity contribution < 1.29 is 19.2 Å². The molecule has 138 valence electrons. The Bertz CT molecular complexity index is 791. The summed E-state index contributed by atoms with van der Waals surface area (Å²) in [7, 11) is 1.90. The molecule has 2 unspecified atom stereocenters. The third-order valence-electron chi connectivity index (χ3n) is 5.07. The van der Waals surface area contributed by atoms with Gasteiger partial charge in [-0.2, -0.15) is 0 Å². The number of piperidine rings is 1. The molecule has 1 fully saturated rings. The van der Waals surface area contributed by atoms with E-state index in [1.54, 1.807) is 18.2 Å². The third-order valence-corrected chi connectivity index (χ3v) is 5.07. The van der Waals surface area contributed by atoms with E-state index in [4.69, 9.17) is 5.73 Å². The number of hydrogen-bond donors (Lipinski definition) is 2. The van der Waals surface area contributed by atoms with Crippen molar-refractivity contribution in [2.75, 3.05) is 13.6 Å². The number of likely N-dealkylation sites (N-methyl/N-ethyl adjacent to an activating group) is 1. The fourth-order valence-electron chi connectivity index (χ4n) is 3.32. The number of carbonyl (C=O) groups is 4. The molecule has 8 heteroatoms. The Kier molecular flexibility index (Phi) is 4.88. The zero-order valence-electron chi connectivity index (χ0n) is 14.8. The number of nitrogens with two attached hydrogens (primary N) is 1. The van der Waals surface area contributed by atoms with Crippen LogP contribution in [0.3, 0.4) is 0 Å². The summed E-state index contributed by atoms with van der Waals surface area (Å²) >= 11 is 0. The average Bonchev–Trinajstić information content (AvgIpc) is 2.86. The minimum atomic E-state index is -0.950. The number of imide groups is 2. The topological polar surface area (TPSA) is 113 Å². The van der Waals surface area contributed by atoms with Gasteiger partial charge in [0.15, 0.2) is 0 Å². The van der Waals surface area contributed by atoms with Crippen molar-refractivity contribution in [3.8, 4) is 0 Å². The highest BCUT2D eigenvalue weighted by molar-refractivity contribution is 6.24. The Morgan fingerprint density at radius 2 is 2.00 bits per heavy atom. The Hall–Kier alpha value is -2.58. The van der Waals surface area contributed by atoms with Gasteiger partial charge in [-0.05, 0) is 32.0 Å². The first kappa shape index (κ1) is 18.2. The van der Waals surface area contributed by atoms with Crippen LogP contribution >= 0.6 is 0 Å². The maximum Gasteiger partial charge on any atom is 0.262 e. The van der Waals surface area contributed by atoms with Crippen molar-refractivity contribution in [3.63, 3.8) is 0 Å². The number of benzene rings is 1. The summed E-state index contributed by atoms with van der Waals surface area (Å²) in [6.07, 6.45) is 0.253. The van der Waals surface area contributed by atoms with E-state index in [1.165, 1.54) is 0 Å². The van der Waals surface area contributed by atoms with Crippen LogP contribution in [0.4, 0.5) is 0 Å². The van der Waals surface area contributed by atoms with Crippen molar-refractivity contribution in [2.24, 2.45) is 5.73 Å². The summed E-state index contributed by atoms with van der Waals surface area (Å²) < 4.78 is 0. The van der Waals surface area contributed by atoms with Crippen molar-refractivity contribution in [1.82, 2.24) is 15.1 Å². The Labute approximate surface area is 151 Å². The normalized spacial score (nSPS) is 21.2. The Balaban J connectivity index is 1.92.